The maximum absolute atomic E-state index is 14.0. The van der Waals surface area contributed by atoms with Crippen molar-refractivity contribution in [3.8, 4) is 0 Å². The maximum atomic E-state index is 14.0. The van der Waals surface area contributed by atoms with E-state index in [1.54, 1.807) is 40.9 Å². The van der Waals surface area contributed by atoms with E-state index in [9.17, 15) is 19.5 Å². The second-order valence-electron chi connectivity index (χ2n) is 10.2. The summed E-state index contributed by atoms with van der Waals surface area (Å²) in [5, 5.41) is 15.9. The Hall–Kier alpha value is -2.55. The van der Waals surface area contributed by atoms with Crippen molar-refractivity contribution in [2.45, 2.75) is 48.8 Å². The molecule has 0 saturated carbocycles. The minimum atomic E-state index is -0.698. The highest BCUT2D eigenvalue weighted by Crippen LogP contribution is 2.68. The summed E-state index contributed by atoms with van der Waals surface area (Å²) in [6.45, 7) is 2.89. The van der Waals surface area contributed by atoms with Gasteiger partial charge >= 0.3 is 0 Å². The fraction of sp³-hybridized carbons (Fsp3) is 0.464. The number of hydrogen-bond acceptors (Lipinski definition) is 5. The number of nitrogens with one attached hydrogen (secondary N) is 2. The molecule has 9 heteroatoms. The molecule has 3 saturated heterocycles. The van der Waals surface area contributed by atoms with Crippen molar-refractivity contribution < 1.29 is 19.5 Å². The van der Waals surface area contributed by atoms with E-state index >= 15 is 0 Å². The number of thioether (sulfide) groups is 1. The minimum absolute atomic E-state index is 0.00912. The highest BCUT2D eigenvalue weighted by molar-refractivity contribution is 8.02. The first-order valence-corrected chi connectivity index (χ1v) is 14.1. The van der Waals surface area contributed by atoms with E-state index in [0.29, 0.717) is 36.6 Å². The molecule has 5 rings (SSSR count). The van der Waals surface area contributed by atoms with Gasteiger partial charge in [0.05, 0.1) is 16.6 Å². The van der Waals surface area contributed by atoms with E-state index < -0.39 is 22.6 Å². The van der Waals surface area contributed by atoms with Crippen LogP contribution in [0.4, 0.5) is 5.69 Å². The van der Waals surface area contributed by atoms with Gasteiger partial charge in [-0.1, -0.05) is 48.9 Å². The summed E-state index contributed by atoms with van der Waals surface area (Å²) in [7, 11) is 0. The van der Waals surface area contributed by atoms with Gasteiger partial charge in [0.1, 0.15) is 6.04 Å². The molecule has 3 aliphatic heterocycles. The Morgan fingerprint density at radius 2 is 1.84 bits per heavy atom. The van der Waals surface area contributed by atoms with Crippen molar-refractivity contribution >= 4 is 46.8 Å². The van der Waals surface area contributed by atoms with Crippen molar-refractivity contribution in [3.05, 3.63) is 65.2 Å². The predicted octanol–water partition coefficient (Wildman–Crippen LogP) is 3.70. The number of halogens is 1. The number of unbranched alkanes of at least 4 members (excludes halogenated alkanes) is 1. The van der Waals surface area contributed by atoms with Gasteiger partial charge in [-0.15, -0.1) is 11.8 Å². The molecule has 2 bridgehead atoms. The SMILES string of the molecule is CC1C[C@@H]2SC13C(C(=O)Nc1ccc(Cl)cc1)N(CCCCO)C(=O)[C@@H]3[C@@H]2C(=O)NCc1ccccc1. The number of anilines is 1. The highest BCUT2D eigenvalue weighted by atomic mass is 35.5. The van der Waals surface area contributed by atoms with Crippen molar-refractivity contribution in [2.75, 3.05) is 18.5 Å². The number of fused-ring (bicyclic) bond motifs is 1. The summed E-state index contributed by atoms with van der Waals surface area (Å²) >= 11 is 7.67. The Balaban J connectivity index is 1.43. The van der Waals surface area contributed by atoms with Crippen molar-refractivity contribution in [2.24, 2.45) is 17.8 Å². The lowest BCUT2D eigenvalue weighted by Crippen LogP contribution is -2.55. The molecule has 6 atom stereocenters. The van der Waals surface area contributed by atoms with Gasteiger partial charge < -0.3 is 20.6 Å². The Labute approximate surface area is 226 Å². The number of hydrogen-bond donors (Lipinski definition) is 3. The van der Waals surface area contributed by atoms with Gasteiger partial charge in [-0.25, -0.2) is 0 Å². The molecule has 3 heterocycles. The van der Waals surface area contributed by atoms with Crippen LogP contribution in [0.5, 0.6) is 0 Å². The van der Waals surface area contributed by atoms with Crippen molar-refractivity contribution in [3.63, 3.8) is 0 Å². The molecular formula is C28H32ClN3O4S. The number of nitrogens with zero attached hydrogens (tertiary/aromatic N) is 1. The predicted molar refractivity (Wildman–Crippen MR) is 145 cm³/mol. The van der Waals surface area contributed by atoms with Gasteiger partial charge in [0.2, 0.25) is 17.7 Å². The number of amides is 3. The third-order valence-corrected chi connectivity index (χ3v) is 10.4. The van der Waals surface area contributed by atoms with E-state index in [-0.39, 0.29) is 35.5 Å². The van der Waals surface area contributed by atoms with Gasteiger partial charge in [0.25, 0.3) is 0 Å². The van der Waals surface area contributed by atoms with Gasteiger partial charge in [0.15, 0.2) is 0 Å². The fourth-order valence-corrected chi connectivity index (χ4v) is 8.95. The van der Waals surface area contributed by atoms with E-state index in [2.05, 4.69) is 17.6 Å². The number of likely N-dealkylation sites (tertiary alicyclic amines) is 1. The second kappa shape index (κ2) is 10.7. The largest absolute Gasteiger partial charge is 0.396 e. The van der Waals surface area contributed by atoms with Crippen LogP contribution in [0.3, 0.4) is 0 Å². The first-order chi connectivity index (χ1) is 17.9. The molecule has 3 unspecified atom stereocenters. The van der Waals surface area contributed by atoms with Gasteiger partial charge in [0, 0.05) is 35.7 Å². The number of aliphatic hydroxyl groups is 1. The molecule has 196 valence electrons. The molecule has 7 nitrogen and oxygen atoms in total. The molecule has 3 N–H and O–H groups in total. The van der Waals surface area contributed by atoms with Crippen LogP contribution in [0.1, 0.15) is 31.7 Å². The number of carbonyl (C=O) groups is 3. The topological polar surface area (TPSA) is 98.7 Å². The van der Waals surface area contributed by atoms with Crippen LogP contribution in [-0.2, 0) is 20.9 Å². The summed E-state index contributed by atoms with van der Waals surface area (Å²) in [6, 6.07) is 15.9. The summed E-state index contributed by atoms with van der Waals surface area (Å²) in [6.07, 6.45) is 1.91. The quantitative estimate of drug-likeness (QED) is 0.420. The van der Waals surface area contributed by atoms with Crippen LogP contribution in [0.2, 0.25) is 5.02 Å². The van der Waals surface area contributed by atoms with Crippen molar-refractivity contribution in [1.82, 2.24) is 10.2 Å². The number of benzene rings is 2. The van der Waals surface area contributed by atoms with E-state index in [1.165, 1.54) is 0 Å². The molecular weight excluding hydrogens is 510 g/mol. The standard InChI is InChI=1S/C28H32ClN3O4S/c1-17-15-21-22(25(34)30-16-18-7-3-2-4-8-18)23-27(36)32(13-5-6-14-33)24(28(17,23)37-21)26(35)31-20-11-9-19(29)10-12-20/h2-4,7-12,17,21-24,33H,5-6,13-16H2,1H3,(H,30,34)(H,31,35)/t17?,21-,22+,23-,24?,28?/m0/s1. The molecule has 0 aliphatic carbocycles. The third kappa shape index (κ3) is 4.64. The first-order valence-electron chi connectivity index (χ1n) is 12.8. The van der Waals surface area contributed by atoms with Crippen LogP contribution in [-0.4, -0.2) is 56.9 Å². The molecule has 37 heavy (non-hydrogen) atoms. The lowest BCUT2D eigenvalue weighted by Gasteiger charge is -2.38. The Morgan fingerprint density at radius 3 is 2.54 bits per heavy atom. The maximum Gasteiger partial charge on any atom is 0.248 e. The van der Waals surface area contributed by atoms with Crippen LogP contribution in [0, 0.1) is 17.8 Å². The lowest BCUT2D eigenvalue weighted by molar-refractivity contribution is -0.139. The van der Waals surface area contributed by atoms with Gasteiger partial charge in [-0.05, 0) is 55.0 Å². The molecule has 2 aromatic rings. The lowest BCUT2D eigenvalue weighted by atomic mass is 9.66. The monoisotopic (exact) mass is 541 g/mol. The third-order valence-electron chi connectivity index (χ3n) is 8.03. The Kier molecular flexibility index (Phi) is 7.52. The van der Waals surface area contributed by atoms with Crippen LogP contribution < -0.4 is 10.6 Å². The molecule has 0 radical (unpaired) electrons. The van der Waals surface area contributed by atoms with E-state index in [4.69, 9.17) is 11.6 Å². The molecule has 3 aliphatic rings. The molecule has 3 fully saturated rings. The summed E-state index contributed by atoms with van der Waals surface area (Å²) in [5.74, 6) is -1.44. The normalized spacial score (nSPS) is 29.9. The zero-order valence-corrected chi connectivity index (χ0v) is 22.3. The first kappa shape index (κ1) is 26.1. The van der Waals surface area contributed by atoms with Crippen molar-refractivity contribution in [1.29, 1.82) is 0 Å². The smallest absolute Gasteiger partial charge is 0.248 e. The minimum Gasteiger partial charge on any atom is -0.396 e. The van der Waals surface area contributed by atoms with Gasteiger partial charge in [-0.2, -0.15) is 0 Å². The second-order valence-corrected chi connectivity index (χ2v) is 12.2. The van der Waals surface area contributed by atoms with E-state index in [1.807, 2.05) is 30.3 Å². The summed E-state index contributed by atoms with van der Waals surface area (Å²) in [4.78, 5) is 43.0. The zero-order chi connectivity index (χ0) is 26.2. The number of rotatable bonds is 9. The Bertz CT molecular complexity index is 1160. The number of carbonyl (C=O) groups excluding carboxylic acids is 3. The van der Waals surface area contributed by atoms with Crippen LogP contribution in [0.15, 0.2) is 54.6 Å². The molecule has 0 aromatic heterocycles. The summed E-state index contributed by atoms with van der Waals surface area (Å²) in [5.41, 5.74) is 1.61. The number of aliphatic hydroxyl groups excluding tert-OH is 1. The van der Waals surface area contributed by atoms with Crippen LogP contribution in [0.25, 0.3) is 0 Å². The molecule has 1 spiro atoms. The van der Waals surface area contributed by atoms with Gasteiger partial charge in [-0.3, -0.25) is 14.4 Å². The average Bonchev–Trinajstić information content (AvgIpc) is 3.48. The Morgan fingerprint density at radius 1 is 1.11 bits per heavy atom. The van der Waals surface area contributed by atoms with Crippen LogP contribution >= 0.6 is 23.4 Å². The molecule has 2 aromatic carbocycles. The zero-order valence-electron chi connectivity index (χ0n) is 20.7. The fourth-order valence-electron chi connectivity index (χ4n) is 6.40. The summed E-state index contributed by atoms with van der Waals surface area (Å²) < 4.78 is -0.674. The molecule has 3 amide bonds. The highest BCUT2D eigenvalue weighted by Gasteiger charge is 2.75. The average molecular weight is 542 g/mol. The van der Waals surface area contributed by atoms with E-state index in [0.717, 1.165) is 12.0 Å².